The Labute approximate surface area is 178 Å². The number of carbonyl (C=O) groups is 1. The van der Waals surface area contributed by atoms with Crippen LogP contribution in [0.5, 0.6) is 0 Å². The summed E-state index contributed by atoms with van der Waals surface area (Å²) in [5.41, 5.74) is 3.06. The van der Waals surface area contributed by atoms with Gasteiger partial charge in [-0.2, -0.15) is 0 Å². The maximum absolute atomic E-state index is 13.4. The van der Waals surface area contributed by atoms with Gasteiger partial charge in [-0.15, -0.1) is 0 Å². The lowest BCUT2D eigenvalue weighted by Crippen LogP contribution is -2.36. The highest BCUT2D eigenvalue weighted by Gasteiger charge is 2.25. The van der Waals surface area contributed by atoms with Gasteiger partial charge in [0.05, 0.1) is 0 Å². The number of fused-ring (bicyclic) bond motifs is 1. The average molecular weight is 403 g/mol. The molecule has 0 radical (unpaired) electrons. The van der Waals surface area contributed by atoms with Gasteiger partial charge in [-0.3, -0.25) is 4.79 Å². The Bertz CT molecular complexity index is 1070. The Kier molecular flexibility index (Phi) is 5.71. The number of rotatable bonds is 3. The molecule has 156 valence electrons. The number of aryl methyl sites for hydroxylation is 2. The third kappa shape index (κ3) is 3.89. The van der Waals surface area contributed by atoms with Gasteiger partial charge >= 0.3 is 0 Å². The largest absolute Gasteiger partial charge is 0.354 e. The van der Waals surface area contributed by atoms with Crippen LogP contribution in [-0.2, 0) is 0 Å². The Balaban J connectivity index is 1.59. The second-order valence-corrected chi connectivity index (χ2v) is 8.41. The van der Waals surface area contributed by atoms with Crippen LogP contribution in [0.2, 0.25) is 0 Å². The molecular weight excluding hydrogens is 372 g/mol. The second kappa shape index (κ2) is 8.42. The summed E-state index contributed by atoms with van der Waals surface area (Å²) in [7, 11) is 0. The fourth-order valence-electron chi connectivity index (χ4n) is 4.53. The molecule has 1 aromatic heterocycles. The van der Waals surface area contributed by atoms with Crippen LogP contribution < -0.4 is 4.90 Å². The Morgan fingerprint density at radius 3 is 2.50 bits per heavy atom. The van der Waals surface area contributed by atoms with Crippen LogP contribution in [0, 0.1) is 13.8 Å². The maximum atomic E-state index is 13.4. The summed E-state index contributed by atoms with van der Waals surface area (Å²) in [6.07, 6.45) is 0.927. The van der Waals surface area contributed by atoms with E-state index in [1.807, 2.05) is 42.2 Å². The van der Waals surface area contributed by atoms with Gasteiger partial charge in [0.15, 0.2) is 0 Å². The van der Waals surface area contributed by atoms with Crippen LogP contribution in [0.4, 0.5) is 5.82 Å². The molecule has 0 spiro atoms. The van der Waals surface area contributed by atoms with Crippen molar-refractivity contribution in [1.82, 2.24) is 14.9 Å². The van der Waals surface area contributed by atoms with Crippen molar-refractivity contribution in [3.63, 3.8) is 0 Å². The zero-order valence-corrected chi connectivity index (χ0v) is 18.4. The van der Waals surface area contributed by atoms with E-state index >= 15 is 0 Å². The van der Waals surface area contributed by atoms with Crippen molar-refractivity contribution in [2.45, 2.75) is 40.0 Å². The van der Waals surface area contributed by atoms with Crippen molar-refractivity contribution in [2.24, 2.45) is 0 Å². The average Bonchev–Trinajstić information content (AvgIpc) is 2.98. The zero-order chi connectivity index (χ0) is 21.3. The van der Waals surface area contributed by atoms with Crippen molar-refractivity contribution in [3.8, 4) is 0 Å². The topological polar surface area (TPSA) is 49.3 Å². The number of carbonyl (C=O) groups excluding carboxylic acids is 1. The molecule has 1 aliphatic rings. The molecule has 2 aromatic carbocycles. The Morgan fingerprint density at radius 1 is 0.933 bits per heavy atom. The van der Waals surface area contributed by atoms with E-state index in [0.717, 1.165) is 59.7 Å². The van der Waals surface area contributed by atoms with E-state index in [1.54, 1.807) is 0 Å². The number of benzene rings is 2. The molecule has 3 aromatic rings. The number of aromatic nitrogens is 2. The summed E-state index contributed by atoms with van der Waals surface area (Å²) in [5, 5.41) is 2.13. The molecule has 30 heavy (non-hydrogen) atoms. The number of hydrogen-bond donors (Lipinski definition) is 0. The van der Waals surface area contributed by atoms with Crippen molar-refractivity contribution in [2.75, 3.05) is 31.1 Å². The lowest BCUT2D eigenvalue weighted by molar-refractivity contribution is 0.0769. The molecule has 2 heterocycles. The molecule has 5 nitrogen and oxygen atoms in total. The molecule has 0 atom stereocenters. The van der Waals surface area contributed by atoms with Crippen molar-refractivity contribution >= 4 is 22.5 Å². The summed E-state index contributed by atoms with van der Waals surface area (Å²) < 4.78 is 0. The van der Waals surface area contributed by atoms with Gasteiger partial charge < -0.3 is 9.80 Å². The molecule has 1 amide bonds. The van der Waals surface area contributed by atoms with Crippen LogP contribution in [-0.4, -0.2) is 47.0 Å². The molecule has 1 aliphatic heterocycles. The first-order valence-corrected chi connectivity index (χ1v) is 10.8. The Hall–Kier alpha value is -2.95. The molecule has 0 bridgehead atoms. The van der Waals surface area contributed by atoms with Crippen LogP contribution in [0.15, 0.2) is 42.5 Å². The molecule has 0 saturated carbocycles. The smallest absolute Gasteiger partial charge is 0.254 e. The maximum Gasteiger partial charge on any atom is 0.254 e. The first-order chi connectivity index (χ1) is 14.5. The fraction of sp³-hybridized carbons (Fsp3) is 0.400. The SMILES string of the molecule is Cc1nc(C)c(C(C)C)c(N2CCCN(C(=O)c3cccc4ccccc34)CC2)n1. The molecule has 0 aliphatic carbocycles. The Morgan fingerprint density at radius 2 is 1.70 bits per heavy atom. The van der Waals surface area contributed by atoms with Crippen LogP contribution in [0.25, 0.3) is 10.8 Å². The van der Waals surface area contributed by atoms with Gasteiger partial charge in [-0.05, 0) is 43.0 Å². The van der Waals surface area contributed by atoms with Crippen molar-refractivity contribution < 1.29 is 4.79 Å². The number of anilines is 1. The summed E-state index contributed by atoms with van der Waals surface area (Å²) in [6.45, 7) is 11.6. The van der Waals surface area contributed by atoms with Crippen LogP contribution >= 0.6 is 0 Å². The highest BCUT2D eigenvalue weighted by Crippen LogP contribution is 2.29. The minimum absolute atomic E-state index is 0.118. The molecular formula is C25H30N4O. The minimum Gasteiger partial charge on any atom is -0.354 e. The predicted molar refractivity (Wildman–Crippen MR) is 122 cm³/mol. The minimum atomic E-state index is 0.118. The van der Waals surface area contributed by atoms with E-state index in [-0.39, 0.29) is 5.91 Å². The third-order valence-electron chi connectivity index (χ3n) is 5.91. The lowest BCUT2D eigenvalue weighted by atomic mass is 10.0. The quantitative estimate of drug-likeness (QED) is 0.636. The van der Waals surface area contributed by atoms with Crippen LogP contribution in [0.3, 0.4) is 0 Å². The highest BCUT2D eigenvalue weighted by molar-refractivity contribution is 6.07. The van der Waals surface area contributed by atoms with Gasteiger partial charge in [0.25, 0.3) is 5.91 Å². The monoisotopic (exact) mass is 402 g/mol. The van der Waals surface area contributed by atoms with E-state index in [4.69, 9.17) is 4.98 Å². The fourth-order valence-corrected chi connectivity index (χ4v) is 4.53. The predicted octanol–water partition coefficient (Wildman–Crippen LogP) is 4.72. The molecule has 0 N–H and O–H groups in total. The standard InChI is InChI=1S/C25H30N4O/c1-17(2)23-18(3)26-19(4)27-24(23)28-13-8-14-29(16-15-28)25(30)22-12-7-10-20-9-5-6-11-21(20)22/h5-7,9-12,17H,8,13-16H2,1-4H3. The van der Waals surface area contributed by atoms with E-state index in [0.29, 0.717) is 12.5 Å². The van der Waals surface area contributed by atoms with Gasteiger partial charge in [0.2, 0.25) is 0 Å². The van der Waals surface area contributed by atoms with Gasteiger partial charge in [0.1, 0.15) is 11.6 Å². The molecule has 1 fully saturated rings. The van der Waals surface area contributed by atoms with Gasteiger partial charge in [-0.25, -0.2) is 9.97 Å². The molecule has 0 unspecified atom stereocenters. The first kappa shape index (κ1) is 20.3. The van der Waals surface area contributed by atoms with Crippen molar-refractivity contribution in [1.29, 1.82) is 0 Å². The van der Waals surface area contributed by atoms with E-state index in [9.17, 15) is 4.79 Å². The first-order valence-electron chi connectivity index (χ1n) is 10.8. The zero-order valence-electron chi connectivity index (χ0n) is 18.4. The van der Waals surface area contributed by atoms with Gasteiger partial charge in [-0.1, -0.05) is 50.2 Å². The third-order valence-corrected chi connectivity index (χ3v) is 5.91. The normalized spacial score (nSPS) is 15.0. The van der Waals surface area contributed by atoms with Crippen LogP contribution in [0.1, 0.15) is 53.6 Å². The molecule has 1 saturated heterocycles. The van der Waals surface area contributed by atoms with Crippen molar-refractivity contribution in [3.05, 3.63) is 65.1 Å². The summed E-state index contributed by atoms with van der Waals surface area (Å²) in [4.78, 5) is 27.1. The highest BCUT2D eigenvalue weighted by atomic mass is 16.2. The second-order valence-electron chi connectivity index (χ2n) is 8.41. The van der Waals surface area contributed by atoms with Gasteiger partial charge in [0, 0.05) is 43.0 Å². The summed E-state index contributed by atoms with van der Waals surface area (Å²) >= 11 is 0. The number of hydrogen-bond acceptors (Lipinski definition) is 4. The summed E-state index contributed by atoms with van der Waals surface area (Å²) in [5.74, 6) is 2.32. The van der Waals surface area contributed by atoms with E-state index < -0.39 is 0 Å². The molecule has 4 rings (SSSR count). The molecule has 5 heteroatoms. The number of nitrogens with zero attached hydrogens (tertiary/aromatic N) is 4. The number of amides is 1. The van der Waals surface area contributed by atoms with E-state index in [2.05, 4.69) is 42.8 Å². The lowest BCUT2D eigenvalue weighted by Gasteiger charge is -2.27. The summed E-state index contributed by atoms with van der Waals surface area (Å²) in [6, 6.07) is 14.1. The van der Waals surface area contributed by atoms with E-state index in [1.165, 1.54) is 5.56 Å².